The van der Waals surface area contributed by atoms with Gasteiger partial charge in [-0.3, -0.25) is 0 Å². The first kappa shape index (κ1) is 11.7. The molecule has 0 aliphatic heterocycles. The van der Waals surface area contributed by atoms with Gasteiger partial charge in [-0.25, -0.2) is 13.9 Å². The van der Waals surface area contributed by atoms with Crippen LogP contribution in [0.3, 0.4) is 0 Å². The van der Waals surface area contributed by atoms with Crippen LogP contribution in [0.25, 0.3) is 0 Å². The highest BCUT2D eigenvalue weighted by Gasteiger charge is 2.24. The zero-order valence-electron chi connectivity index (χ0n) is 6.87. The molecule has 0 aliphatic carbocycles. The molecule has 0 aliphatic rings. The number of rotatable bonds is 4. The summed E-state index contributed by atoms with van der Waals surface area (Å²) >= 11 is 0. The second-order valence-corrected chi connectivity index (χ2v) is 4.10. The molecule has 0 aromatic heterocycles. The van der Waals surface area contributed by atoms with E-state index in [2.05, 4.69) is 0 Å². The van der Waals surface area contributed by atoms with Crippen LogP contribution in [-0.4, -0.2) is 31.7 Å². The highest BCUT2D eigenvalue weighted by Crippen LogP contribution is 2.06. The van der Waals surface area contributed by atoms with Crippen molar-refractivity contribution < 1.29 is 17.2 Å². The maximum absolute atomic E-state index is 11.8. The minimum absolute atomic E-state index is 0.547. The lowest BCUT2D eigenvalue weighted by Crippen LogP contribution is -2.44. The third kappa shape index (κ3) is 3.93. The molecule has 0 fully saturated rings. The summed E-state index contributed by atoms with van der Waals surface area (Å²) < 4.78 is 45.5. The van der Waals surface area contributed by atoms with Gasteiger partial charge in [0.05, 0.1) is 6.54 Å². The van der Waals surface area contributed by atoms with E-state index in [9.17, 15) is 17.2 Å². The molecule has 7 heteroatoms. The lowest BCUT2D eigenvalue weighted by atomic mass is 10.4. The van der Waals surface area contributed by atoms with Crippen LogP contribution in [0.5, 0.6) is 0 Å². The summed E-state index contributed by atoms with van der Waals surface area (Å²) in [4.78, 5) is 0. The largest absolute Gasteiger partial charge is 0.277 e. The zero-order chi connectivity index (χ0) is 9.94. The van der Waals surface area contributed by atoms with Crippen molar-refractivity contribution >= 4 is 10.2 Å². The topological polar surface area (TPSA) is 63.4 Å². The predicted molar refractivity (Wildman–Crippen MR) is 41.0 cm³/mol. The van der Waals surface area contributed by atoms with Gasteiger partial charge in [-0.2, -0.15) is 12.7 Å². The third-order valence-corrected chi connectivity index (χ3v) is 2.45. The van der Waals surface area contributed by atoms with Crippen molar-refractivity contribution in [1.29, 1.82) is 0 Å². The number of nitrogens with two attached hydrogens (primary N) is 1. The standard InChI is InChI=1S/C5H12F2N2O2S/c1-4(2)9(3-5(6)7)12(8,10)11/h4-5H,3H2,1-2H3,(H2,8,10,11). The van der Waals surface area contributed by atoms with Gasteiger partial charge in [0.2, 0.25) is 0 Å². The molecular weight excluding hydrogens is 190 g/mol. The van der Waals surface area contributed by atoms with Crippen LogP contribution in [0, 0.1) is 0 Å². The molecule has 74 valence electrons. The highest BCUT2D eigenvalue weighted by molar-refractivity contribution is 7.86. The molecule has 0 aromatic rings. The first-order valence-corrected chi connectivity index (χ1v) is 4.83. The normalized spacial score (nSPS) is 13.3. The summed E-state index contributed by atoms with van der Waals surface area (Å²) in [5, 5.41) is 4.69. The van der Waals surface area contributed by atoms with Gasteiger partial charge < -0.3 is 0 Å². The number of halogens is 2. The van der Waals surface area contributed by atoms with Crippen molar-refractivity contribution in [3.8, 4) is 0 Å². The van der Waals surface area contributed by atoms with Crippen LogP contribution in [0.4, 0.5) is 8.78 Å². The Morgan fingerprint density at radius 3 is 1.92 bits per heavy atom. The molecule has 2 N–H and O–H groups in total. The molecule has 12 heavy (non-hydrogen) atoms. The second-order valence-electron chi connectivity index (χ2n) is 2.60. The molecule has 0 saturated carbocycles. The van der Waals surface area contributed by atoms with Gasteiger partial charge in [-0.1, -0.05) is 0 Å². The van der Waals surface area contributed by atoms with Crippen LogP contribution < -0.4 is 5.14 Å². The summed E-state index contributed by atoms with van der Waals surface area (Å²) in [6.45, 7) is 2.11. The van der Waals surface area contributed by atoms with E-state index >= 15 is 0 Å². The molecule has 0 heterocycles. The molecule has 0 aromatic carbocycles. The summed E-state index contributed by atoms with van der Waals surface area (Å²) in [6.07, 6.45) is -2.70. The fourth-order valence-electron chi connectivity index (χ4n) is 0.745. The van der Waals surface area contributed by atoms with Crippen molar-refractivity contribution in [1.82, 2.24) is 4.31 Å². The molecule has 0 bridgehead atoms. The minimum Gasteiger partial charge on any atom is -0.216 e. The Balaban J connectivity index is 4.47. The van der Waals surface area contributed by atoms with Crippen LogP contribution in [0.1, 0.15) is 13.8 Å². The van der Waals surface area contributed by atoms with E-state index < -0.39 is 29.2 Å². The average molecular weight is 202 g/mol. The van der Waals surface area contributed by atoms with Gasteiger partial charge in [-0.05, 0) is 13.8 Å². The van der Waals surface area contributed by atoms with Crippen molar-refractivity contribution in [2.24, 2.45) is 5.14 Å². The van der Waals surface area contributed by atoms with Crippen molar-refractivity contribution in [2.75, 3.05) is 6.54 Å². The van der Waals surface area contributed by atoms with Crippen LogP contribution in [0.2, 0.25) is 0 Å². The maximum Gasteiger partial charge on any atom is 0.277 e. The Labute approximate surface area is 70.5 Å². The minimum atomic E-state index is -4.01. The Morgan fingerprint density at radius 1 is 1.42 bits per heavy atom. The smallest absolute Gasteiger partial charge is 0.216 e. The molecule has 0 radical (unpaired) electrons. The average Bonchev–Trinajstić information content (AvgIpc) is 1.79. The Morgan fingerprint density at radius 2 is 1.83 bits per heavy atom. The molecular formula is C5H12F2N2O2S. The Hall–Kier alpha value is -0.270. The van der Waals surface area contributed by atoms with Gasteiger partial charge in [0, 0.05) is 6.04 Å². The van der Waals surface area contributed by atoms with Gasteiger partial charge in [-0.15, -0.1) is 0 Å². The van der Waals surface area contributed by atoms with E-state index in [0.717, 1.165) is 0 Å². The lowest BCUT2D eigenvalue weighted by Gasteiger charge is -2.22. The number of hydrogen-bond acceptors (Lipinski definition) is 2. The van der Waals surface area contributed by atoms with E-state index in [0.29, 0.717) is 4.31 Å². The Kier molecular flexibility index (Phi) is 4.01. The Bertz CT molecular complexity index is 228. The van der Waals surface area contributed by atoms with E-state index in [1.54, 1.807) is 0 Å². The fraction of sp³-hybridized carbons (Fsp3) is 1.00. The second kappa shape index (κ2) is 4.11. The number of alkyl halides is 2. The molecule has 0 saturated heterocycles. The third-order valence-electron chi connectivity index (χ3n) is 1.22. The zero-order valence-corrected chi connectivity index (χ0v) is 7.68. The van der Waals surface area contributed by atoms with Gasteiger partial charge in [0.25, 0.3) is 16.6 Å². The van der Waals surface area contributed by atoms with Crippen molar-refractivity contribution in [3.05, 3.63) is 0 Å². The predicted octanol–water partition coefficient (Wildman–Crippen LogP) is 0.165. The van der Waals surface area contributed by atoms with Crippen molar-refractivity contribution in [2.45, 2.75) is 26.3 Å². The van der Waals surface area contributed by atoms with Gasteiger partial charge in [0.1, 0.15) is 0 Å². The summed E-state index contributed by atoms with van der Waals surface area (Å²) in [5.41, 5.74) is 0. The van der Waals surface area contributed by atoms with Crippen LogP contribution in [-0.2, 0) is 10.2 Å². The lowest BCUT2D eigenvalue weighted by molar-refractivity contribution is 0.111. The molecule has 0 atom stereocenters. The highest BCUT2D eigenvalue weighted by atomic mass is 32.2. The SMILES string of the molecule is CC(C)N(CC(F)F)S(N)(=O)=O. The van der Waals surface area contributed by atoms with E-state index in [-0.39, 0.29) is 0 Å². The van der Waals surface area contributed by atoms with Gasteiger partial charge >= 0.3 is 0 Å². The fourth-order valence-corrected chi connectivity index (χ4v) is 1.65. The molecule has 0 amide bonds. The van der Waals surface area contributed by atoms with Crippen molar-refractivity contribution in [3.63, 3.8) is 0 Å². The molecule has 0 unspecified atom stereocenters. The number of nitrogens with zero attached hydrogens (tertiary/aromatic N) is 1. The molecule has 0 rings (SSSR count). The quantitative estimate of drug-likeness (QED) is 0.706. The monoisotopic (exact) mass is 202 g/mol. The number of hydrogen-bond donors (Lipinski definition) is 1. The van der Waals surface area contributed by atoms with Gasteiger partial charge in [0.15, 0.2) is 0 Å². The van der Waals surface area contributed by atoms with E-state index in [1.807, 2.05) is 0 Å². The maximum atomic E-state index is 11.8. The van der Waals surface area contributed by atoms with E-state index in [4.69, 9.17) is 5.14 Å². The summed E-state index contributed by atoms with van der Waals surface area (Å²) in [6, 6.07) is -0.547. The first-order valence-electron chi connectivity index (χ1n) is 3.33. The first-order chi connectivity index (χ1) is 5.25. The summed E-state index contributed by atoms with van der Waals surface area (Å²) in [5.74, 6) is 0. The molecule has 0 spiro atoms. The van der Waals surface area contributed by atoms with Crippen LogP contribution in [0.15, 0.2) is 0 Å². The summed E-state index contributed by atoms with van der Waals surface area (Å²) in [7, 11) is -4.01. The van der Waals surface area contributed by atoms with Crippen LogP contribution >= 0.6 is 0 Å². The molecule has 4 nitrogen and oxygen atoms in total. The van der Waals surface area contributed by atoms with E-state index in [1.165, 1.54) is 13.8 Å².